The smallest absolute Gasteiger partial charge is 0.153 e. The highest BCUT2D eigenvalue weighted by atomic mass is 19.1. The van der Waals surface area contributed by atoms with E-state index in [4.69, 9.17) is 10.8 Å². The molecule has 30 heavy (non-hydrogen) atoms. The van der Waals surface area contributed by atoms with Crippen LogP contribution in [0.15, 0.2) is 30.5 Å². The maximum absolute atomic E-state index is 14.0. The highest BCUT2D eigenvalue weighted by Crippen LogP contribution is 2.28. The maximum Gasteiger partial charge on any atom is 0.153 e. The number of nitrogens with one attached hydrogen (secondary N) is 3. The van der Waals surface area contributed by atoms with E-state index in [2.05, 4.69) is 20.3 Å². The lowest BCUT2D eigenvalue weighted by Gasteiger charge is -2.31. The Hall–Kier alpha value is -3.62. The molecule has 0 radical (unpaired) electrons. The average Bonchev–Trinajstić information content (AvgIpc) is 2.74. The van der Waals surface area contributed by atoms with E-state index >= 15 is 0 Å². The van der Waals surface area contributed by atoms with Crippen LogP contribution in [0.4, 0.5) is 26.0 Å². The van der Waals surface area contributed by atoms with Crippen molar-refractivity contribution in [2.24, 2.45) is 0 Å². The highest BCUT2D eigenvalue weighted by molar-refractivity contribution is 5.62. The molecule has 0 unspecified atom stereocenters. The Morgan fingerprint density at radius 1 is 1.17 bits per heavy atom. The largest absolute Gasteiger partial charge is 0.352 e. The molecule has 0 saturated carbocycles. The number of fused-ring (bicyclic) bond motifs is 1. The first kappa shape index (κ1) is 19.7. The number of hydrogen-bond acceptors (Lipinski definition) is 6. The van der Waals surface area contributed by atoms with Gasteiger partial charge >= 0.3 is 0 Å². The molecule has 1 aromatic carbocycles. The van der Waals surface area contributed by atoms with E-state index in [9.17, 15) is 8.78 Å². The number of rotatable bonds is 4. The van der Waals surface area contributed by atoms with E-state index in [-0.39, 0.29) is 11.2 Å². The van der Waals surface area contributed by atoms with Gasteiger partial charge in [0, 0.05) is 36.8 Å². The van der Waals surface area contributed by atoms with E-state index in [1.165, 1.54) is 16.8 Å². The second-order valence-corrected chi connectivity index (χ2v) is 7.25. The van der Waals surface area contributed by atoms with Crippen LogP contribution < -0.4 is 15.7 Å². The predicted octanol–water partition coefficient (Wildman–Crippen LogP) is 3.41. The third kappa shape index (κ3) is 3.54. The van der Waals surface area contributed by atoms with Gasteiger partial charge < -0.3 is 10.2 Å². The molecular weight excluding hydrogens is 388 g/mol. The topological polar surface area (TPSA) is 93.7 Å². The lowest BCUT2D eigenvalue weighted by atomic mass is 10.0. The molecule has 3 N–H and O–H groups in total. The van der Waals surface area contributed by atoms with Gasteiger partial charge in [0.15, 0.2) is 11.3 Å². The number of hydrogen-bond donors (Lipinski definition) is 3. The number of anilines is 3. The number of aromatic nitrogens is 3. The van der Waals surface area contributed by atoms with Crippen molar-refractivity contribution in [3.63, 3.8) is 0 Å². The van der Waals surface area contributed by atoms with Crippen LogP contribution in [-0.4, -0.2) is 27.6 Å². The second kappa shape index (κ2) is 7.66. The van der Waals surface area contributed by atoms with Crippen molar-refractivity contribution in [1.82, 2.24) is 14.8 Å². The van der Waals surface area contributed by atoms with Crippen LogP contribution in [0.3, 0.4) is 0 Å². The summed E-state index contributed by atoms with van der Waals surface area (Å²) in [5.74, 6) is -0.576. The van der Waals surface area contributed by atoms with Gasteiger partial charge in [0.2, 0.25) is 0 Å². The molecule has 0 saturated heterocycles. The van der Waals surface area contributed by atoms with Gasteiger partial charge in [-0.3, -0.25) is 15.8 Å². The van der Waals surface area contributed by atoms with Crippen LogP contribution >= 0.6 is 0 Å². The Kier molecular flexibility index (Phi) is 5.03. The first-order chi connectivity index (χ1) is 14.4. The quantitative estimate of drug-likeness (QED) is 0.455. The molecule has 3 aromatic rings. The summed E-state index contributed by atoms with van der Waals surface area (Å²) in [5.41, 5.74) is 4.59. The van der Waals surface area contributed by atoms with Crippen LogP contribution in [0.25, 0.3) is 0 Å². The molecule has 3 heterocycles. The summed E-state index contributed by atoms with van der Waals surface area (Å²) in [6.45, 7) is 5.03. The average molecular weight is 409 g/mol. The summed E-state index contributed by atoms with van der Waals surface area (Å²) < 4.78 is 28.4. The Balaban J connectivity index is 1.64. The van der Waals surface area contributed by atoms with Crippen LogP contribution in [0.5, 0.6) is 0 Å². The molecule has 154 valence electrons. The van der Waals surface area contributed by atoms with E-state index in [1.54, 1.807) is 6.20 Å². The van der Waals surface area contributed by atoms with E-state index in [0.29, 0.717) is 25.2 Å². The van der Waals surface area contributed by atoms with Crippen molar-refractivity contribution in [2.45, 2.75) is 26.8 Å². The fraction of sp³-hybridized carbons (Fsp3) is 0.238. The van der Waals surface area contributed by atoms with Crippen molar-refractivity contribution < 1.29 is 8.78 Å². The molecule has 0 bridgehead atoms. The van der Waals surface area contributed by atoms with Crippen LogP contribution in [0.1, 0.15) is 22.4 Å². The summed E-state index contributed by atoms with van der Waals surface area (Å²) in [6, 6.07) is 5.29. The molecule has 0 amide bonds. The third-order valence-corrected chi connectivity index (χ3v) is 5.36. The molecular formula is C21H21F2N7. The molecule has 0 spiro atoms. The standard InChI is InChI=1S/C21H21F2N7/c1-12-13(2)21(28-30(11-24)20(12)25)29-6-5-18-14(10-29)7-16(9-26-18)27-19-4-3-15(22)8-17(19)23/h3-4,7-9,11,24-25,27H,5-6,10H2,1-2H3. The van der Waals surface area contributed by atoms with Gasteiger partial charge in [-0.15, -0.1) is 5.10 Å². The van der Waals surface area contributed by atoms with Crippen molar-refractivity contribution >= 4 is 23.5 Å². The SMILES string of the molecule is Cc1c(N2CCc3ncc(Nc4ccc(F)cc4F)cc3C2)nn(C=N)c(=N)c1C. The normalized spacial score (nSPS) is 13.1. The van der Waals surface area contributed by atoms with Crippen LogP contribution in [0.2, 0.25) is 0 Å². The van der Waals surface area contributed by atoms with E-state index in [0.717, 1.165) is 40.6 Å². The zero-order chi connectivity index (χ0) is 21.4. The predicted molar refractivity (Wildman–Crippen MR) is 110 cm³/mol. The zero-order valence-corrected chi connectivity index (χ0v) is 16.6. The molecule has 1 aliphatic heterocycles. The maximum atomic E-state index is 14.0. The number of pyridine rings is 1. The Bertz CT molecular complexity index is 1200. The molecule has 0 aliphatic carbocycles. The van der Waals surface area contributed by atoms with Crippen molar-refractivity contribution in [3.8, 4) is 0 Å². The summed E-state index contributed by atoms with van der Waals surface area (Å²) in [6.07, 6.45) is 3.38. The monoisotopic (exact) mass is 409 g/mol. The minimum atomic E-state index is -0.670. The Labute approximate surface area is 172 Å². The van der Waals surface area contributed by atoms with Gasteiger partial charge in [0.25, 0.3) is 0 Å². The van der Waals surface area contributed by atoms with Gasteiger partial charge in [0.05, 0.1) is 17.6 Å². The minimum Gasteiger partial charge on any atom is -0.352 e. The summed E-state index contributed by atoms with van der Waals surface area (Å²) in [4.78, 5) is 6.59. The Morgan fingerprint density at radius 3 is 2.70 bits per heavy atom. The second-order valence-electron chi connectivity index (χ2n) is 7.25. The lowest BCUT2D eigenvalue weighted by Crippen LogP contribution is -2.36. The molecule has 0 fully saturated rings. The fourth-order valence-corrected chi connectivity index (χ4v) is 3.56. The summed E-state index contributed by atoms with van der Waals surface area (Å²) in [5, 5.41) is 23.0. The van der Waals surface area contributed by atoms with E-state index in [1.807, 2.05) is 19.9 Å². The number of benzene rings is 1. The molecule has 2 aromatic heterocycles. The molecule has 1 aliphatic rings. The van der Waals surface area contributed by atoms with Crippen molar-refractivity contribution in [3.05, 3.63) is 70.0 Å². The fourth-order valence-electron chi connectivity index (χ4n) is 3.56. The highest BCUT2D eigenvalue weighted by Gasteiger charge is 2.22. The molecule has 7 nitrogen and oxygen atoms in total. The van der Waals surface area contributed by atoms with Gasteiger partial charge in [-0.25, -0.2) is 13.5 Å². The number of nitrogens with zero attached hydrogens (tertiary/aromatic N) is 4. The first-order valence-corrected chi connectivity index (χ1v) is 9.47. The van der Waals surface area contributed by atoms with Crippen molar-refractivity contribution in [2.75, 3.05) is 16.8 Å². The van der Waals surface area contributed by atoms with Crippen LogP contribution in [0, 0.1) is 36.3 Å². The van der Waals surface area contributed by atoms with Gasteiger partial charge in [0.1, 0.15) is 18.0 Å². The van der Waals surface area contributed by atoms with Crippen LogP contribution in [-0.2, 0) is 13.0 Å². The molecule has 4 rings (SSSR count). The third-order valence-electron chi connectivity index (χ3n) is 5.36. The molecule has 9 heteroatoms. The number of halogens is 2. The van der Waals surface area contributed by atoms with Gasteiger partial charge in [-0.2, -0.15) is 0 Å². The summed E-state index contributed by atoms with van der Waals surface area (Å²) in [7, 11) is 0. The Morgan fingerprint density at radius 2 is 1.97 bits per heavy atom. The minimum absolute atomic E-state index is 0.178. The van der Waals surface area contributed by atoms with Crippen molar-refractivity contribution in [1.29, 1.82) is 10.8 Å². The lowest BCUT2D eigenvalue weighted by molar-refractivity contribution is 0.586. The summed E-state index contributed by atoms with van der Waals surface area (Å²) >= 11 is 0. The zero-order valence-electron chi connectivity index (χ0n) is 16.6. The van der Waals surface area contributed by atoms with Gasteiger partial charge in [-0.1, -0.05) is 0 Å². The molecule has 0 atom stereocenters. The first-order valence-electron chi connectivity index (χ1n) is 9.47. The van der Waals surface area contributed by atoms with Gasteiger partial charge in [-0.05, 0) is 43.2 Å². The van der Waals surface area contributed by atoms with E-state index < -0.39 is 11.6 Å².